The molecule has 0 aromatic carbocycles. The van der Waals surface area contributed by atoms with Crippen LogP contribution in [0.15, 0.2) is 18.5 Å². The molecular weight excluding hydrogens is 178 g/mol. The first-order valence-corrected chi connectivity index (χ1v) is 4.53. The molecule has 0 fully saturated rings. The Hall–Kier alpha value is -1.01. The van der Waals surface area contributed by atoms with Crippen LogP contribution < -0.4 is 4.90 Å². The summed E-state index contributed by atoms with van der Waals surface area (Å²) in [6.07, 6.45) is 3.16. The first kappa shape index (κ1) is 9.08. The van der Waals surface area contributed by atoms with Crippen molar-refractivity contribution in [3.63, 3.8) is 0 Å². The molecule has 1 N–H and O–H groups in total. The Morgan fingerprint density at radius 3 is 2.67 bits per heavy atom. The second kappa shape index (κ2) is 4.13. The largest absolute Gasteiger partial charge is 0.330 e. The van der Waals surface area contributed by atoms with Gasteiger partial charge in [-0.05, 0) is 6.07 Å². The van der Waals surface area contributed by atoms with Crippen LogP contribution in [0.25, 0.3) is 0 Å². The molecule has 12 heavy (non-hydrogen) atoms. The van der Waals surface area contributed by atoms with E-state index in [2.05, 4.69) is 9.97 Å². The minimum atomic E-state index is -1.85. The van der Waals surface area contributed by atoms with E-state index in [-0.39, 0.29) is 5.88 Å². The van der Waals surface area contributed by atoms with Crippen molar-refractivity contribution in [2.24, 2.45) is 0 Å². The van der Waals surface area contributed by atoms with Gasteiger partial charge in [-0.3, -0.25) is 0 Å². The van der Waals surface area contributed by atoms with Crippen molar-refractivity contribution in [1.82, 2.24) is 9.97 Å². The van der Waals surface area contributed by atoms with E-state index in [4.69, 9.17) is 4.55 Å². The number of nitrogens with zero attached hydrogens (tertiary/aromatic N) is 3. The summed E-state index contributed by atoms with van der Waals surface area (Å²) in [5.74, 6) is 0.462. The van der Waals surface area contributed by atoms with Crippen molar-refractivity contribution in [1.29, 1.82) is 0 Å². The van der Waals surface area contributed by atoms with Crippen molar-refractivity contribution < 1.29 is 8.76 Å². The lowest BCUT2D eigenvalue weighted by molar-refractivity contribution is 0.563. The SMILES string of the molecule is CN(CS(=O)O)c1ncccn1. The summed E-state index contributed by atoms with van der Waals surface area (Å²) in [6.45, 7) is 0. The second-order valence-electron chi connectivity index (χ2n) is 2.20. The third-order valence-corrected chi connectivity index (χ3v) is 1.81. The van der Waals surface area contributed by atoms with Gasteiger partial charge in [-0.2, -0.15) is 0 Å². The Balaban J connectivity index is 2.65. The van der Waals surface area contributed by atoms with Crippen molar-refractivity contribution in [3.8, 4) is 0 Å². The van der Waals surface area contributed by atoms with Crippen LogP contribution in [0.5, 0.6) is 0 Å². The van der Waals surface area contributed by atoms with E-state index in [0.29, 0.717) is 5.95 Å². The maximum atomic E-state index is 10.4. The van der Waals surface area contributed by atoms with Gasteiger partial charge in [-0.25, -0.2) is 14.2 Å². The minimum absolute atomic E-state index is 0.0179. The molecule has 1 unspecified atom stereocenters. The molecule has 66 valence electrons. The lowest BCUT2D eigenvalue weighted by Gasteiger charge is -2.12. The lowest BCUT2D eigenvalue weighted by atomic mass is 10.7. The quantitative estimate of drug-likeness (QED) is 0.679. The Morgan fingerprint density at radius 1 is 1.58 bits per heavy atom. The van der Waals surface area contributed by atoms with Gasteiger partial charge in [0.25, 0.3) is 0 Å². The number of hydrogen-bond acceptors (Lipinski definition) is 4. The summed E-state index contributed by atoms with van der Waals surface area (Å²) in [4.78, 5) is 9.31. The maximum Gasteiger partial charge on any atom is 0.225 e. The summed E-state index contributed by atoms with van der Waals surface area (Å²) in [5.41, 5.74) is 0. The summed E-state index contributed by atoms with van der Waals surface area (Å²) in [7, 11) is 1.66. The predicted octanol–water partition coefficient (Wildman–Crippen LogP) is 0.0920. The molecule has 1 atom stereocenters. The molecule has 1 aromatic heterocycles. The first-order valence-electron chi connectivity index (χ1n) is 3.26. The fraction of sp³-hybridized carbons (Fsp3) is 0.333. The lowest BCUT2D eigenvalue weighted by Crippen LogP contribution is -2.23. The average Bonchev–Trinajstić information content (AvgIpc) is 2.05. The topological polar surface area (TPSA) is 66.3 Å². The molecular formula is C6H9N3O2S. The number of rotatable bonds is 3. The van der Waals surface area contributed by atoms with Crippen LogP contribution >= 0.6 is 0 Å². The molecule has 1 heterocycles. The molecule has 0 saturated carbocycles. The summed E-state index contributed by atoms with van der Waals surface area (Å²) < 4.78 is 19.0. The van der Waals surface area contributed by atoms with Crippen LogP contribution in [0, 0.1) is 0 Å². The highest BCUT2D eigenvalue weighted by atomic mass is 32.2. The molecule has 0 bridgehead atoms. The van der Waals surface area contributed by atoms with E-state index in [1.165, 1.54) is 4.90 Å². The molecule has 0 spiro atoms. The monoisotopic (exact) mass is 187 g/mol. The van der Waals surface area contributed by atoms with Crippen molar-refractivity contribution in [3.05, 3.63) is 18.5 Å². The highest BCUT2D eigenvalue weighted by molar-refractivity contribution is 7.79. The normalized spacial score (nSPS) is 12.5. The Bertz CT molecular complexity index is 267. The number of hydrogen-bond donors (Lipinski definition) is 1. The molecule has 1 aromatic rings. The van der Waals surface area contributed by atoms with Crippen LogP contribution in [-0.2, 0) is 11.1 Å². The molecule has 6 heteroatoms. The predicted molar refractivity (Wildman–Crippen MR) is 46.1 cm³/mol. The fourth-order valence-corrected chi connectivity index (χ4v) is 1.16. The highest BCUT2D eigenvalue weighted by Gasteiger charge is 2.04. The first-order chi connectivity index (χ1) is 5.70. The summed E-state index contributed by atoms with van der Waals surface area (Å²) >= 11 is -1.85. The Morgan fingerprint density at radius 2 is 2.17 bits per heavy atom. The third kappa shape index (κ3) is 2.55. The smallest absolute Gasteiger partial charge is 0.225 e. The molecule has 5 nitrogen and oxygen atoms in total. The standard InChI is InChI=1S/C6H9N3O2S/c1-9(5-12(10)11)6-7-3-2-4-8-6/h2-4H,5H2,1H3,(H,10,11). The van der Waals surface area contributed by atoms with Gasteiger partial charge in [0.05, 0.1) is 0 Å². The third-order valence-electron chi connectivity index (χ3n) is 1.20. The van der Waals surface area contributed by atoms with Gasteiger partial charge in [0.15, 0.2) is 11.1 Å². The zero-order valence-corrected chi connectivity index (χ0v) is 7.36. The molecule has 0 amide bonds. The average molecular weight is 187 g/mol. The van der Waals surface area contributed by atoms with E-state index in [9.17, 15) is 4.21 Å². The van der Waals surface area contributed by atoms with Gasteiger partial charge in [0, 0.05) is 19.4 Å². The van der Waals surface area contributed by atoms with Gasteiger partial charge in [-0.1, -0.05) is 0 Å². The number of aromatic nitrogens is 2. The van der Waals surface area contributed by atoms with E-state index >= 15 is 0 Å². The zero-order chi connectivity index (χ0) is 8.97. The molecule has 0 aliphatic heterocycles. The van der Waals surface area contributed by atoms with E-state index in [0.717, 1.165) is 0 Å². The van der Waals surface area contributed by atoms with Crippen LogP contribution in [0.2, 0.25) is 0 Å². The van der Waals surface area contributed by atoms with Crippen molar-refractivity contribution in [2.75, 3.05) is 17.8 Å². The Kier molecular flexibility index (Phi) is 3.12. The van der Waals surface area contributed by atoms with Crippen LogP contribution in [0.1, 0.15) is 0 Å². The molecule has 0 aliphatic rings. The number of anilines is 1. The van der Waals surface area contributed by atoms with E-state index in [1.54, 1.807) is 25.5 Å². The highest BCUT2D eigenvalue weighted by Crippen LogP contribution is 2.01. The van der Waals surface area contributed by atoms with Gasteiger partial charge < -0.3 is 9.45 Å². The van der Waals surface area contributed by atoms with Gasteiger partial charge in [0.2, 0.25) is 5.95 Å². The Labute approximate surface area is 72.7 Å². The molecule has 1 rings (SSSR count). The second-order valence-corrected chi connectivity index (χ2v) is 3.10. The molecule has 0 aliphatic carbocycles. The molecule has 0 radical (unpaired) electrons. The van der Waals surface area contributed by atoms with Crippen LogP contribution in [-0.4, -0.2) is 31.7 Å². The summed E-state index contributed by atoms with van der Waals surface area (Å²) in [6, 6.07) is 1.69. The van der Waals surface area contributed by atoms with Crippen LogP contribution in [0.3, 0.4) is 0 Å². The van der Waals surface area contributed by atoms with Crippen molar-refractivity contribution >= 4 is 17.0 Å². The van der Waals surface area contributed by atoms with E-state index in [1.807, 2.05) is 0 Å². The van der Waals surface area contributed by atoms with Gasteiger partial charge in [0.1, 0.15) is 5.88 Å². The van der Waals surface area contributed by atoms with E-state index < -0.39 is 11.1 Å². The van der Waals surface area contributed by atoms with Gasteiger partial charge in [-0.15, -0.1) is 0 Å². The fourth-order valence-electron chi connectivity index (χ4n) is 0.712. The van der Waals surface area contributed by atoms with Crippen LogP contribution in [0.4, 0.5) is 5.95 Å². The minimum Gasteiger partial charge on any atom is -0.330 e. The zero-order valence-electron chi connectivity index (χ0n) is 6.54. The maximum absolute atomic E-state index is 10.4. The van der Waals surface area contributed by atoms with Crippen molar-refractivity contribution in [2.45, 2.75) is 0 Å². The van der Waals surface area contributed by atoms with Gasteiger partial charge >= 0.3 is 0 Å². The molecule has 0 saturated heterocycles. The summed E-state index contributed by atoms with van der Waals surface area (Å²) in [5, 5.41) is 0.